The van der Waals surface area contributed by atoms with E-state index < -0.39 is 0 Å². The fourth-order valence-corrected chi connectivity index (χ4v) is 6.16. The van der Waals surface area contributed by atoms with Crippen molar-refractivity contribution in [1.82, 2.24) is 30.4 Å². The normalized spacial score (nSPS) is 20.9. The van der Waals surface area contributed by atoms with Gasteiger partial charge < -0.3 is 25.3 Å². The number of H-pyrrole nitrogens is 1. The SMILES string of the molecule is COCCN1CC[C@H](NC(=O)c2cc3cc(Cl)ccc3[nH]2)[C@H](NC(=O)c2nc3c(s2)CN(C)CC3)C1. The zero-order valence-corrected chi connectivity index (χ0v) is 22.0. The van der Waals surface area contributed by atoms with Gasteiger partial charge in [-0.1, -0.05) is 11.6 Å². The van der Waals surface area contributed by atoms with E-state index in [-0.39, 0.29) is 23.9 Å². The molecule has 2 aromatic heterocycles. The highest BCUT2D eigenvalue weighted by Crippen LogP contribution is 2.25. The summed E-state index contributed by atoms with van der Waals surface area (Å²) in [6.07, 6.45) is 1.57. The molecule has 2 amide bonds. The van der Waals surface area contributed by atoms with Gasteiger partial charge in [-0.2, -0.15) is 0 Å². The van der Waals surface area contributed by atoms with Crippen LogP contribution in [0.2, 0.25) is 5.02 Å². The third kappa shape index (κ3) is 5.57. The van der Waals surface area contributed by atoms with Gasteiger partial charge in [0, 0.05) is 67.1 Å². The van der Waals surface area contributed by atoms with Crippen molar-refractivity contribution in [1.29, 1.82) is 0 Å². The number of fused-ring (bicyclic) bond motifs is 2. The third-order valence-electron chi connectivity index (χ3n) is 6.89. The lowest BCUT2D eigenvalue weighted by atomic mass is 9.98. The van der Waals surface area contributed by atoms with Gasteiger partial charge in [-0.05, 0) is 37.7 Å². The van der Waals surface area contributed by atoms with Crippen molar-refractivity contribution in [2.75, 3.05) is 46.9 Å². The molecule has 0 radical (unpaired) electrons. The highest BCUT2D eigenvalue weighted by Gasteiger charge is 2.33. The molecule has 1 saturated heterocycles. The summed E-state index contributed by atoms with van der Waals surface area (Å²) < 4.78 is 5.25. The number of hydrogen-bond acceptors (Lipinski definition) is 7. The van der Waals surface area contributed by atoms with Crippen molar-refractivity contribution in [2.24, 2.45) is 0 Å². The van der Waals surface area contributed by atoms with Gasteiger partial charge in [0.25, 0.3) is 11.8 Å². The summed E-state index contributed by atoms with van der Waals surface area (Å²) in [4.78, 5) is 39.8. The molecule has 0 unspecified atom stereocenters. The number of nitrogens with one attached hydrogen (secondary N) is 3. The van der Waals surface area contributed by atoms with Crippen molar-refractivity contribution in [3.05, 3.63) is 50.6 Å². The van der Waals surface area contributed by atoms with Crippen LogP contribution < -0.4 is 10.6 Å². The predicted octanol–water partition coefficient (Wildman–Crippen LogP) is 2.51. The summed E-state index contributed by atoms with van der Waals surface area (Å²) in [7, 11) is 3.76. The quantitative estimate of drug-likeness (QED) is 0.434. The summed E-state index contributed by atoms with van der Waals surface area (Å²) in [6.45, 7) is 4.58. The van der Waals surface area contributed by atoms with E-state index in [0.717, 1.165) is 54.1 Å². The number of benzene rings is 1. The van der Waals surface area contributed by atoms with E-state index in [1.165, 1.54) is 11.3 Å². The summed E-state index contributed by atoms with van der Waals surface area (Å²) in [5.74, 6) is -0.389. The molecule has 2 aliphatic heterocycles. The Bertz CT molecular complexity index is 1260. The van der Waals surface area contributed by atoms with Crippen LogP contribution in [0.15, 0.2) is 24.3 Å². The van der Waals surface area contributed by atoms with Crippen LogP contribution in [0.5, 0.6) is 0 Å². The van der Waals surface area contributed by atoms with Gasteiger partial charge in [0.1, 0.15) is 5.69 Å². The number of ether oxygens (including phenoxy) is 1. The van der Waals surface area contributed by atoms with Crippen molar-refractivity contribution in [3.8, 4) is 0 Å². The van der Waals surface area contributed by atoms with Crippen LogP contribution >= 0.6 is 22.9 Å². The Hall–Kier alpha value is -2.50. The Morgan fingerprint density at radius 1 is 1.22 bits per heavy atom. The minimum absolute atomic E-state index is 0.185. The number of thiazole rings is 1. The number of methoxy groups -OCH3 is 1. The zero-order valence-electron chi connectivity index (χ0n) is 20.5. The summed E-state index contributed by atoms with van der Waals surface area (Å²) in [6, 6.07) is 6.81. The second kappa shape index (κ2) is 10.9. The van der Waals surface area contributed by atoms with Gasteiger partial charge in [0.15, 0.2) is 5.01 Å². The van der Waals surface area contributed by atoms with Crippen LogP contribution in [-0.4, -0.2) is 90.6 Å². The van der Waals surface area contributed by atoms with Crippen LogP contribution in [0.3, 0.4) is 0 Å². The number of halogens is 1. The first-order chi connectivity index (χ1) is 17.4. The Labute approximate surface area is 219 Å². The molecule has 2 atom stereocenters. The maximum Gasteiger partial charge on any atom is 0.280 e. The fraction of sp³-hybridized carbons (Fsp3) is 0.480. The van der Waals surface area contributed by atoms with Crippen molar-refractivity contribution < 1.29 is 14.3 Å². The van der Waals surface area contributed by atoms with Crippen LogP contribution in [0.25, 0.3) is 10.9 Å². The lowest BCUT2D eigenvalue weighted by Gasteiger charge is -2.39. The minimum atomic E-state index is -0.255. The first-order valence-corrected chi connectivity index (χ1v) is 13.4. The Balaban J connectivity index is 1.30. The number of rotatable bonds is 7. The molecule has 0 aliphatic carbocycles. The first kappa shape index (κ1) is 25.2. The predicted molar refractivity (Wildman–Crippen MR) is 141 cm³/mol. The van der Waals surface area contributed by atoms with Crippen LogP contribution in [0.1, 0.15) is 37.3 Å². The molecule has 0 bridgehead atoms. The van der Waals surface area contributed by atoms with E-state index in [1.54, 1.807) is 19.2 Å². The molecular weight excluding hydrogens is 500 g/mol. The molecule has 5 rings (SSSR count). The molecule has 1 fully saturated rings. The average molecular weight is 531 g/mol. The number of piperidine rings is 1. The van der Waals surface area contributed by atoms with Gasteiger partial charge in [-0.25, -0.2) is 4.98 Å². The smallest absolute Gasteiger partial charge is 0.280 e. The second-order valence-corrected chi connectivity index (χ2v) is 11.1. The molecule has 3 N–H and O–H groups in total. The number of nitrogens with zero attached hydrogens (tertiary/aromatic N) is 3. The van der Waals surface area contributed by atoms with E-state index >= 15 is 0 Å². The zero-order chi connectivity index (χ0) is 25.2. The maximum absolute atomic E-state index is 13.2. The summed E-state index contributed by atoms with van der Waals surface area (Å²) in [5.41, 5.74) is 2.34. The molecule has 1 aromatic carbocycles. The molecule has 11 heteroatoms. The second-order valence-electron chi connectivity index (χ2n) is 9.53. The van der Waals surface area contributed by atoms with Crippen LogP contribution in [-0.2, 0) is 17.7 Å². The number of carbonyl (C=O) groups is 2. The maximum atomic E-state index is 13.2. The van der Waals surface area contributed by atoms with E-state index in [4.69, 9.17) is 16.3 Å². The Kier molecular flexibility index (Phi) is 7.59. The van der Waals surface area contributed by atoms with E-state index in [9.17, 15) is 9.59 Å². The Morgan fingerprint density at radius 3 is 2.89 bits per heavy atom. The third-order valence-corrected chi connectivity index (χ3v) is 8.20. The van der Waals surface area contributed by atoms with Crippen LogP contribution in [0.4, 0.5) is 0 Å². The van der Waals surface area contributed by atoms with E-state index in [2.05, 4.69) is 37.4 Å². The van der Waals surface area contributed by atoms with Gasteiger partial charge in [-0.15, -0.1) is 11.3 Å². The van der Waals surface area contributed by atoms with Crippen molar-refractivity contribution in [3.63, 3.8) is 0 Å². The number of likely N-dealkylation sites (tertiary alicyclic amines) is 1. The summed E-state index contributed by atoms with van der Waals surface area (Å²) in [5, 5.41) is 8.31. The van der Waals surface area contributed by atoms with Gasteiger partial charge in [0.05, 0.1) is 24.4 Å². The molecule has 4 heterocycles. The van der Waals surface area contributed by atoms with Crippen LogP contribution in [0, 0.1) is 0 Å². The average Bonchev–Trinajstić information content (AvgIpc) is 3.47. The largest absolute Gasteiger partial charge is 0.383 e. The topological polar surface area (TPSA) is 103 Å². The first-order valence-electron chi connectivity index (χ1n) is 12.2. The van der Waals surface area contributed by atoms with E-state index in [0.29, 0.717) is 35.3 Å². The van der Waals surface area contributed by atoms with Gasteiger partial charge in [0.2, 0.25) is 0 Å². The van der Waals surface area contributed by atoms with Crippen molar-refractivity contribution in [2.45, 2.75) is 31.5 Å². The molecule has 2 aliphatic rings. The van der Waals surface area contributed by atoms with Gasteiger partial charge in [-0.3, -0.25) is 14.5 Å². The molecular formula is C25H31ClN6O3S. The standard InChI is InChI=1S/C25H31ClN6O3S/c1-31-7-5-19-22(14-31)36-25(30-19)24(34)29-21-13-32(9-10-35-2)8-6-18(21)28-23(33)20-12-15-11-16(26)3-4-17(15)27-20/h3-4,11-12,18,21,27H,5-10,13-14H2,1-2H3,(H,28,33)(H,29,34)/t18-,21+/m0/s1. The number of carbonyl (C=O) groups excluding carboxylic acids is 2. The highest BCUT2D eigenvalue weighted by atomic mass is 35.5. The van der Waals surface area contributed by atoms with E-state index in [1.807, 2.05) is 12.1 Å². The molecule has 9 nitrogen and oxygen atoms in total. The van der Waals surface area contributed by atoms with Crippen molar-refractivity contribution >= 4 is 45.7 Å². The molecule has 0 spiro atoms. The lowest BCUT2D eigenvalue weighted by molar-refractivity contribution is 0.0763. The molecule has 0 saturated carbocycles. The number of amides is 2. The number of likely N-dealkylation sites (N-methyl/N-ethyl adjacent to an activating group) is 1. The number of aromatic nitrogens is 2. The fourth-order valence-electron chi connectivity index (χ4n) is 4.88. The summed E-state index contributed by atoms with van der Waals surface area (Å²) >= 11 is 7.56. The number of hydrogen-bond donors (Lipinski definition) is 3. The lowest BCUT2D eigenvalue weighted by Crippen LogP contribution is -2.60. The van der Waals surface area contributed by atoms with Gasteiger partial charge >= 0.3 is 0 Å². The highest BCUT2D eigenvalue weighted by molar-refractivity contribution is 7.13. The molecule has 36 heavy (non-hydrogen) atoms. The Morgan fingerprint density at radius 2 is 2.06 bits per heavy atom. The minimum Gasteiger partial charge on any atom is -0.383 e. The molecule has 192 valence electrons. The monoisotopic (exact) mass is 530 g/mol. The molecule has 3 aromatic rings. The number of aromatic amines is 1.